The Morgan fingerprint density at radius 3 is 2.54 bits per heavy atom. The summed E-state index contributed by atoms with van der Waals surface area (Å²) in [5, 5.41) is 3.11. The van der Waals surface area contributed by atoms with E-state index in [1.165, 1.54) is 41.8 Å². The molecule has 0 aliphatic heterocycles. The van der Waals surface area contributed by atoms with Crippen LogP contribution in [0.25, 0.3) is 11.2 Å². The number of nitrogens with zero attached hydrogens (tertiary/aromatic N) is 5. The Bertz CT molecular complexity index is 1150. The number of pyridine rings is 1. The number of amides is 1. The van der Waals surface area contributed by atoms with Gasteiger partial charge in [-0.05, 0) is 13.0 Å². The molecule has 11 heteroatoms. The zero-order valence-electron chi connectivity index (χ0n) is 14.0. The molecule has 1 amide bonds. The van der Waals surface area contributed by atoms with Gasteiger partial charge in [0, 0.05) is 20.3 Å². The number of halogens is 2. The van der Waals surface area contributed by atoms with Crippen molar-refractivity contribution in [1.82, 2.24) is 23.7 Å². The maximum Gasteiger partial charge on any atom is 0.332 e. The predicted molar refractivity (Wildman–Crippen MR) is 97.8 cm³/mol. The van der Waals surface area contributed by atoms with E-state index in [9.17, 15) is 14.4 Å². The summed E-state index contributed by atoms with van der Waals surface area (Å²) >= 11 is 11.8. The van der Waals surface area contributed by atoms with Crippen LogP contribution in [-0.2, 0) is 18.9 Å². The normalized spacial score (nSPS) is 12.3. The average molecular weight is 397 g/mol. The molecule has 1 atom stereocenters. The van der Waals surface area contributed by atoms with E-state index in [1.54, 1.807) is 6.92 Å². The van der Waals surface area contributed by atoms with Gasteiger partial charge in [0.1, 0.15) is 6.04 Å². The van der Waals surface area contributed by atoms with E-state index in [4.69, 9.17) is 23.2 Å². The lowest BCUT2D eigenvalue weighted by Gasteiger charge is -2.15. The molecule has 0 bridgehead atoms. The summed E-state index contributed by atoms with van der Waals surface area (Å²) in [6, 6.07) is 0.646. The monoisotopic (exact) mass is 396 g/mol. The summed E-state index contributed by atoms with van der Waals surface area (Å²) in [4.78, 5) is 45.1. The Morgan fingerprint density at radius 2 is 1.88 bits per heavy atom. The van der Waals surface area contributed by atoms with E-state index < -0.39 is 23.2 Å². The summed E-state index contributed by atoms with van der Waals surface area (Å²) in [5.74, 6) is -0.311. The fourth-order valence-corrected chi connectivity index (χ4v) is 2.94. The number of rotatable bonds is 3. The Hall–Kier alpha value is -2.65. The number of carbonyl (C=O) groups is 1. The van der Waals surface area contributed by atoms with Crippen LogP contribution in [-0.4, -0.2) is 29.6 Å². The Kier molecular flexibility index (Phi) is 4.59. The minimum atomic E-state index is -0.807. The molecule has 0 radical (unpaired) electrons. The van der Waals surface area contributed by atoms with E-state index in [0.717, 1.165) is 4.57 Å². The fourth-order valence-electron chi connectivity index (χ4n) is 2.51. The van der Waals surface area contributed by atoms with Crippen LogP contribution in [0.4, 0.5) is 5.82 Å². The van der Waals surface area contributed by atoms with Gasteiger partial charge in [-0.3, -0.25) is 18.7 Å². The van der Waals surface area contributed by atoms with E-state index in [1.807, 2.05) is 0 Å². The molecule has 0 saturated carbocycles. The molecule has 3 rings (SSSR count). The zero-order valence-corrected chi connectivity index (χ0v) is 15.5. The molecule has 0 fully saturated rings. The molecular formula is C15H14Cl2N6O3. The van der Waals surface area contributed by atoms with Crippen molar-refractivity contribution in [3.8, 4) is 0 Å². The van der Waals surface area contributed by atoms with Crippen molar-refractivity contribution >= 4 is 46.1 Å². The first-order valence-corrected chi connectivity index (χ1v) is 8.22. The smallest absolute Gasteiger partial charge is 0.312 e. The van der Waals surface area contributed by atoms with Crippen LogP contribution in [0.1, 0.15) is 13.0 Å². The molecule has 3 heterocycles. The number of hydrogen-bond acceptors (Lipinski definition) is 5. The van der Waals surface area contributed by atoms with Crippen molar-refractivity contribution in [2.24, 2.45) is 14.1 Å². The first kappa shape index (κ1) is 18.2. The molecule has 26 heavy (non-hydrogen) atoms. The molecule has 0 saturated heterocycles. The fraction of sp³-hybridized carbons (Fsp3) is 0.267. The second-order valence-corrected chi connectivity index (χ2v) is 6.52. The molecule has 0 aliphatic carbocycles. The second-order valence-electron chi connectivity index (χ2n) is 5.68. The van der Waals surface area contributed by atoms with Gasteiger partial charge in [-0.25, -0.2) is 14.8 Å². The number of fused-ring (bicyclic) bond motifs is 1. The SMILES string of the molecule is C[C@H](C(=O)Nc1ncc(Cl)cc1Cl)n1cnc2c1c(=O)n(C)c(=O)n2C. The van der Waals surface area contributed by atoms with Gasteiger partial charge in [-0.1, -0.05) is 23.2 Å². The lowest BCUT2D eigenvalue weighted by molar-refractivity contribution is -0.118. The molecule has 0 aliphatic rings. The highest BCUT2D eigenvalue weighted by Crippen LogP contribution is 2.23. The van der Waals surface area contributed by atoms with Gasteiger partial charge in [-0.15, -0.1) is 0 Å². The van der Waals surface area contributed by atoms with Gasteiger partial charge in [0.2, 0.25) is 5.91 Å². The van der Waals surface area contributed by atoms with Crippen molar-refractivity contribution in [2.75, 3.05) is 5.32 Å². The molecule has 3 aromatic rings. The van der Waals surface area contributed by atoms with Crippen LogP contribution in [0.15, 0.2) is 28.2 Å². The molecule has 0 aromatic carbocycles. The van der Waals surface area contributed by atoms with Crippen LogP contribution in [0.2, 0.25) is 10.0 Å². The van der Waals surface area contributed by atoms with Crippen LogP contribution in [0.5, 0.6) is 0 Å². The lowest BCUT2D eigenvalue weighted by atomic mass is 10.3. The molecule has 1 N–H and O–H groups in total. The van der Waals surface area contributed by atoms with Crippen LogP contribution < -0.4 is 16.6 Å². The highest BCUT2D eigenvalue weighted by Gasteiger charge is 2.22. The Morgan fingerprint density at radius 1 is 1.19 bits per heavy atom. The third-order valence-corrected chi connectivity index (χ3v) is 4.51. The van der Waals surface area contributed by atoms with Crippen molar-refractivity contribution in [1.29, 1.82) is 0 Å². The van der Waals surface area contributed by atoms with Gasteiger partial charge < -0.3 is 9.88 Å². The van der Waals surface area contributed by atoms with E-state index >= 15 is 0 Å². The summed E-state index contributed by atoms with van der Waals surface area (Å²) in [6.07, 6.45) is 2.69. The minimum absolute atomic E-state index is 0.146. The Balaban J connectivity index is 2.02. The molecule has 9 nitrogen and oxygen atoms in total. The summed E-state index contributed by atoms with van der Waals surface area (Å²) < 4.78 is 3.61. The molecule has 136 valence electrons. The summed E-state index contributed by atoms with van der Waals surface area (Å²) in [5.41, 5.74) is -0.697. The van der Waals surface area contributed by atoms with Gasteiger partial charge in [0.25, 0.3) is 5.56 Å². The lowest BCUT2D eigenvalue weighted by Crippen LogP contribution is -2.38. The van der Waals surface area contributed by atoms with Gasteiger partial charge in [0.05, 0.1) is 16.4 Å². The molecule has 0 spiro atoms. The summed E-state index contributed by atoms with van der Waals surface area (Å²) in [6.45, 7) is 1.59. The third-order valence-electron chi connectivity index (χ3n) is 4.02. The minimum Gasteiger partial charge on any atom is -0.312 e. The largest absolute Gasteiger partial charge is 0.332 e. The quantitative estimate of drug-likeness (QED) is 0.718. The van der Waals surface area contributed by atoms with Gasteiger partial charge in [0.15, 0.2) is 17.0 Å². The highest BCUT2D eigenvalue weighted by molar-refractivity contribution is 6.36. The zero-order chi connectivity index (χ0) is 19.2. The van der Waals surface area contributed by atoms with Crippen LogP contribution in [0.3, 0.4) is 0 Å². The van der Waals surface area contributed by atoms with Gasteiger partial charge >= 0.3 is 5.69 Å². The first-order chi connectivity index (χ1) is 12.2. The van der Waals surface area contributed by atoms with Crippen molar-refractivity contribution in [3.63, 3.8) is 0 Å². The highest BCUT2D eigenvalue weighted by atomic mass is 35.5. The standard InChI is InChI=1S/C15H14Cl2N6O3/c1-7(13(24)20-11-9(17)4-8(16)5-18-11)23-6-19-12-10(23)14(25)22(3)15(26)21(12)2/h4-7H,1-3H3,(H,18,20,24)/t7-/m1/s1. The third kappa shape index (κ3) is 2.89. The van der Waals surface area contributed by atoms with E-state index in [0.29, 0.717) is 5.02 Å². The number of anilines is 1. The van der Waals surface area contributed by atoms with E-state index in [-0.39, 0.29) is 22.0 Å². The van der Waals surface area contributed by atoms with Crippen LogP contribution in [0, 0.1) is 0 Å². The maximum atomic E-state index is 12.6. The van der Waals surface area contributed by atoms with E-state index in [2.05, 4.69) is 15.3 Å². The summed E-state index contributed by atoms with van der Waals surface area (Å²) in [7, 11) is 2.87. The van der Waals surface area contributed by atoms with Crippen molar-refractivity contribution in [3.05, 3.63) is 49.5 Å². The van der Waals surface area contributed by atoms with Gasteiger partial charge in [-0.2, -0.15) is 0 Å². The maximum absolute atomic E-state index is 12.6. The first-order valence-electron chi connectivity index (χ1n) is 7.46. The molecule has 0 unspecified atom stereocenters. The number of carbonyl (C=O) groups excluding carboxylic acids is 1. The molecular weight excluding hydrogens is 383 g/mol. The van der Waals surface area contributed by atoms with Crippen LogP contribution >= 0.6 is 23.2 Å². The number of hydrogen-bond donors (Lipinski definition) is 1. The van der Waals surface area contributed by atoms with Crippen molar-refractivity contribution in [2.45, 2.75) is 13.0 Å². The number of nitrogens with one attached hydrogen (secondary N) is 1. The average Bonchev–Trinajstić information content (AvgIpc) is 3.04. The molecule has 3 aromatic heterocycles. The van der Waals surface area contributed by atoms with Crippen molar-refractivity contribution < 1.29 is 4.79 Å². The number of imidazole rings is 1. The second kappa shape index (κ2) is 6.58. The Labute approximate surface area is 156 Å². The predicted octanol–water partition coefficient (Wildman–Crippen LogP) is 1.34. The number of aryl methyl sites for hydroxylation is 1. The number of aromatic nitrogens is 5. The topological polar surface area (TPSA) is 104 Å².